The highest BCUT2D eigenvalue weighted by atomic mass is 127. The Bertz CT molecular complexity index is 493. The third-order valence-corrected chi connectivity index (χ3v) is 5.11. The summed E-state index contributed by atoms with van der Waals surface area (Å²) in [5, 5.41) is 5.25. The third kappa shape index (κ3) is 6.81. The molecule has 1 unspecified atom stereocenters. The van der Waals surface area contributed by atoms with Gasteiger partial charge in [-0.25, -0.2) is 0 Å². The molecule has 6 heteroatoms. The van der Waals surface area contributed by atoms with Gasteiger partial charge in [-0.15, -0.1) is 35.3 Å². The van der Waals surface area contributed by atoms with E-state index < -0.39 is 0 Å². The van der Waals surface area contributed by atoms with Crippen LogP contribution in [0.3, 0.4) is 0 Å². The average molecular weight is 448 g/mol. The second-order valence-electron chi connectivity index (χ2n) is 6.29. The van der Waals surface area contributed by atoms with Crippen molar-refractivity contribution >= 4 is 41.3 Å². The maximum absolute atomic E-state index is 5.96. The minimum Gasteiger partial charge on any atom is -0.370 e. The Hall–Kier alpha value is -0.600. The highest BCUT2D eigenvalue weighted by Crippen LogP contribution is 2.29. The first-order chi connectivity index (χ1) is 10.6. The second kappa shape index (κ2) is 10.3. The number of rotatable bonds is 6. The molecule has 2 heterocycles. The minimum absolute atomic E-state index is 0. The lowest BCUT2D eigenvalue weighted by Gasteiger charge is -2.35. The molecule has 0 aromatic carbocycles. The van der Waals surface area contributed by atoms with Crippen molar-refractivity contribution in [1.82, 2.24) is 10.2 Å². The number of thiophene rings is 1. The van der Waals surface area contributed by atoms with Crippen molar-refractivity contribution in [3.63, 3.8) is 0 Å². The van der Waals surface area contributed by atoms with E-state index >= 15 is 0 Å². The van der Waals surface area contributed by atoms with E-state index in [9.17, 15) is 0 Å². The van der Waals surface area contributed by atoms with Crippen LogP contribution in [0.2, 0.25) is 0 Å². The topological polar surface area (TPSA) is 53.6 Å². The summed E-state index contributed by atoms with van der Waals surface area (Å²) < 4.78 is 0. The monoisotopic (exact) mass is 448 g/mol. The van der Waals surface area contributed by atoms with E-state index in [0.717, 1.165) is 24.6 Å². The lowest BCUT2D eigenvalue weighted by molar-refractivity contribution is 0.143. The summed E-state index contributed by atoms with van der Waals surface area (Å²) in [6.07, 6.45) is 2.55. The van der Waals surface area contributed by atoms with Crippen LogP contribution in [0.4, 0.5) is 0 Å². The fourth-order valence-electron chi connectivity index (χ4n) is 2.69. The van der Waals surface area contributed by atoms with E-state index in [1.54, 1.807) is 0 Å². The molecule has 4 nitrogen and oxygen atoms in total. The van der Waals surface area contributed by atoms with Crippen LogP contribution in [0.25, 0.3) is 0 Å². The summed E-state index contributed by atoms with van der Waals surface area (Å²) >= 11 is 1.81. The molecule has 1 saturated heterocycles. The number of piperidine rings is 1. The number of halogens is 1. The molecule has 23 heavy (non-hydrogen) atoms. The van der Waals surface area contributed by atoms with Gasteiger partial charge in [-0.05, 0) is 50.2 Å². The van der Waals surface area contributed by atoms with Gasteiger partial charge in [0, 0.05) is 11.4 Å². The Morgan fingerprint density at radius 3 is 2.78 bits per heavy atom. The van der Waals surface area contributed by atoms with Crippen LogP contribution >= 0.6 is 35.3 Å². The van der Waals surface area contributed by atoms with Gasteiger partial charge >= 0.3 is 0 Å². The van der Waals surface area contributed by atoms with E-state index in [2.05, 4.69) is 46.2 Å². The van der Waals surface area contributed by atoms with Gasteiger partial charge in [-0.1, -0.05) is 25.1 Å². The molecule has 0 amide bonds. The second-order valence-corrected chi connectivity index (χ2v) is 7.27. The van der Waals surface area contributed by atoms with E-state index in [0.29, 0.717) is 25.1 Å². The van der Waals surface area contributed by atoms with Gasteiger partial charge in [0.25, 0.3) is 0 Å². The normalized spacial score (nSPS) is 18.3. The number of hydrogen-bond acceptors (Lipinski definition) is 3. The number of nitrogens with two attached hydrogens (primary N) is 1. The maximum Gasteiger partial charge on any atom is 0.188 e. The lowest BCUT2D eigenvalue weighted by atomic mass is 9.97. The molecule has 1 aliphatic heterocycles. The van der Waals surface area contributed by atoms with E-state index in [1.807, 2.05) is 18.3 Å². The Morgan fingerprint density at radius 1 is 1.52 bits per heavy atom. The van der Waals surface area contributed by atoms with E-state index in [4.69, 9.17) is 5.73 Å². The molecule has 0 bridgehead atoms. The highest BCUT2D eigenvalue weighted by molar-refractivity contribution is 14.0. The van der Waals surface area contributed by atoms with Crippen molar-refractivity contribution < 1.29 is 0 Å². The molecule has 0 radical (unpaired) electrons. The fourth-order valence-corrected chi connectivity index (χ4v) is 3.54. The predicted octanol–water partition coefficient (Wildman–Crippen LogP) is 3.62. The van der Waals surface area contributed by atoms with Gasteiger partial charge < -0.3 is 11.1 Å². The number of likely N-dealkylation sites (tertiary alicyclic amines) is 1. The van der Waals surface area contributed by atoms with Crippen molar-refractivity contribution in [2.24, 2.45) is 16.6 Å². The summed E-state index contributed by atoms with van der Waals surface area (Å²) in [7, 11) is 0. The first-order valence-corrected chi connectivity index (χ1v) is 8.90. The maximum atomic E-state index is 5.96. The summed E-state index contributed by atoms with van der Waals surface area (Å²) in [6, 6.07) is 4.67. The van der Waals surface area contributed by atoms with E-state index in [1.165, 1.54) is 17.7 Å². The average Bonchev–Trinajstić information content (AvgIpc) is 3.01. The summed E-state index contributed by atoms with van der Waals surface area (Å²) in [5.41, 5.74) is 7.01. The Labute approximate surface area is 161 Å². The quantitative estimate of drug-likeness (QED) is 0.303. The first kappa shape index (κ1) is 20.4. The minimum atomic E-state index is 0. The van der Waals surface area contributed by atoms with Crippen LogP contribution in [0.1, 0.15) is 37.6 Å². The third-order valence-electron chi connectivity index (χ3n) is 4.14. The number of guanidine groups is 1. The summed E-state index contributed by atoms with van der Waals surface area (Å²) in [4.78, 5) is 8.49. The summed E-state index contributed by atoms with van der Waals surface area (Å²) in [5.74, 6) is 1.35. The summed E-state index contributed by atoms with van der Waals surface area (Å²) in [6.45, 7) is 11.9. The molecule has 1 aromatic rings. The Kier molecular flexibility index (Phi) is 9.16. The van der Waals surface area contributed by atoms with Crippen LogP contribution < -0.4 is 11.1 Å². The smallest absolute Gasteiger partial charge is 0.188 e. The number of nitrogens with zero attached hydrogens (tertiary/aromatic N) is 2. The van der Waals surface area contributed by atoms with Crippen molar-refractivity contribution in [2.45, 2.75) is 32.7 Å². The molecule has 2 rings (SSSR count). The SMILES string of the molecule is C=C(C)CNC(N)=NCC(c1cccs1)N1CCC(C)CC1.I. The fraction of sp³-hybridized carbons (Fsp3) is 0.588. The van der Waals surface area contributed by atoms with Crippen molar-refractivity contribution in [3.8, 4) is 0 Å². The van der Waals surface area contributed by atoms with Gasteiger partial charge in [-0.2, -0.15) is 0 Å². The zero-order chi connectivity index (χ0) is 15.9. The van der Waals surface area contributed by atoms with Gasteiger partial charge in [-0.3, -0.25) is 9.89 Å². The van der Waals surface area contributed by atoms with Gasteiger partial charge in [0.15, 0.2) is 5.96 Å². The van der Waals surface area contributed by atoms with Crippen molar-refractivity contribution in [3.05, 3.63) is 34.5 Å². The molecular formula is C17H29IN4S. The Balaban J connectivity index is 0.00000264. The van der Waals surface area contributed by atoms with Crippen LogP contribution in [0.15, 0.2) is 34.7 Å². The molecule has 1 fully saturated rings. The van der Waals surface area contributed by atoms with Crippen LogP contribution in [-0.2, 0) is 0 Å². The van der Waals surface area contributed by atoms with Gasteiger partial charge in [0.2, 0.25) is 0 Å². The van der Waals surface area contributed by atoms with Crippen LogP contribution in [0, 0.1) is 5.92 Å². The molecule has 130 valence electrons. The van der Waals surface area contributed by atoms with Gasteiger partial charge in [0.1, 0.15) is 0 Å². The zero-order valence-corrected chi connectivity index (χ0v) is 17.3. The molecule has 1 aromatic heterocycles. The standard InChI is InChI=1S/C17H28N4S.HI/c1-13(2)11-19-17(18)20-12-15(16-5-4-10-22-16)21-8-6-14(3)7-9-21;/h4-5,10,14-15H,1,6-9,11-12H2,2-3H3,(H3,18,19,20);1H. The lowest BCUT2D eigenvalue weighted by Crippen LogP contribution is -2.38. The van der Waals surface area contributed by atoms with Gasteiger partial charge in [0.05, 0.1) is 12.6 Å². The highest BCUT2D eigenvalue weighted by Gasteiger charge is 2.25. The van der Waals surface area contributed by atoms with Crippen molar-refractivity contribution in [2.75, 3.05) is 26.2 Å². The zero-order valence-electron chi connectivity index (χ0n) is 14.1. The number of hydrogen-bond donors (Lipinski definition) is 2. The predicted molar refractivity (Wildman–Crippen MR) is 112 cm³/mol. The first-order valence-electron chi connectivity index (χ1n) is 8.02. The van der Waals surface area contributed by atoms with E-state index in [-0.39, 0.29) is 24.0 Å². The molecule has 3 N–H and O–H groups in total. The van der Waals surface area contributed by atoms with Crippen molar-refractivity contribution in [1.29, 1.82) is 0 Å². The van der Waals surface area contributed by atoms with Crippen LogP contribution in [-0.4, -0.2) is 37.0 Å². The molecule has 1 aliphatic rings. The molecule has 0 aliphatic carbocycles. The molecule has 0 spiro atoms. The number of nitrogens with one attached hydrogen (secondary N) is 1. The Morgan fingerprint density at radius 2 is 2.22 bits per heavy atom. The van der Waals surface area contributed by atoms with Crippen LogP contribution in [0.5, 0.6) is 0 Å². The molecular weight excluding hydrogens is 419 g/mol. The molecule has 0 saturated carbocycles. The number of aliphatic imine (C=N–C) groups is 1. The molecule has 1 atom stereocenters. The largest absolute Gasteiger partial charge is 0.370 e.